The zero-order valence-electron chi connectivity index (χ0n) is 11.0. The molecule has 0 heterocycles. The Morgan fingerprint density at radius 2 is 1.23 bits per heavy atom. The van der Waals surface area contributed by atoms with Crippen LogP contribution in [0.25, 0.3) is 10.8 Å². The first kappa shape index (κ1) is 16.2. The number of aliphatic carboxylic acids is 2. The van der Waals surface area contributed by atoms with Crippen molar-refractivity contribution in [3.8, 4) is 11.5 Å². The highest BCUT2D eigenvalue weighted by atomic mass is 35.5. The summed E-state index contributed by atoms with van der Waals surface area (Å²) in [7, 11) is 0. The quantitative estimate of drug-likeness (QED) is 0.836. The molecule has 0 spiro atoms. The van der Waals surface area contributed by atoms with Crippen LogP contribution < -0.4 is 9.47 Å². The molecule has 2 aromatic rings. The largest absolute Gasteiger partial charge is 0.480 e. The van der Waals surface area contributed by atoms with Gasteiger partial charge in [0.1, 0.15) is 21.5 Å². The van der Waals surface area contributed by atoms with Gasteiger partial charge in [-0.3, -0.25) is 0 Å². The first-order valence-corrected chi connectivity index (χ1v) is 6.76. The molecule has 0 radical (unpaired) electrons. The second-order valence-corrected chi connectivity index (χ2v) is 4.95. The molecule has 8 heteroatoms. The monoisotopic (exact) mass is 344 g/mol. The molecule has 22 heavy (non-hydrogen) atoms. The van der Waals surface area contributed by atoms with Crippen LogP contribution in [-0.4, -0.2) is 35.4 Å². The average Bonchev–Trinajstić information content (AvgIpc) is 2.47. The molecule has 0 bridgehead atoms. The number of hydrogen-bond acceptors (Lipinski definition) is 4. The standard InChI is InChI=1S/C14H10Cl2O6/c15-11-12(16)14(22-6-10(19)20)8-4-2-1-3-7(8)13(11)21-5-9(17)18/h1-4H,5-6H2,(H,17,18)(H,19,20). The molecule has 116 valence electrons. The van der Waals surface area contributed by atoms with E-state index in [0.717, 1.165) is 0 Å². The lowest BCUT2D eigenvalue weighted by molar-refractivity contribution is -0.140. The Bertz CT molecular complexity index is 681. The van der Waals surface area contributed by atoms with E-state index in [1.165, 1.54) is 0 Å². The van der Waals surface area contributed by atoms with Crippen molar-refractivity contribution in [2.45, 2.75) is 0 Å². The van der Waals surface area contributed by atoms with Crippen molar-refractivity contribution in [1.82, 2.24) is 0 Å². The fourth-order valence-electron chi connectivity index (χ4n) is 1.86. The van der Waals surface area contributed by atoms with E-state index < -0.39 is 25.2 Å². The Morgan fingerprint density at radius 1 is 0.864 bits per heavy atom. The minimum atomic E-state index is -1.16. The number of rotatable bonds is 6. The SMILES string of the molecule is O=C(O)COc1c(Cl)c(Cl)c(OCC(=O)O)c2ccccc12. The van der Waals surface area contributed by atoms with Crippen LogP contribution in [0.1, 0.15) is 0 Å². The van der Waals surface area contributed by atoms with E-state index in [0.29, 0.717) is 10.8 Å². The maximum Gasteiger partial charge on any atom is 0.341 e. The van der Waals surface area contributed by atoms with Gasteiger partial charge in [0, 0.05) is 10.8 Å². The molecule has 0 saturated carbocycles. The molecule has 0 amide bonds. The molecule has 0 unspecified atom stereocenters. The fourth-order valence-corrected chi connectivity index (χ4v) is 2.35. The molecule has 0 aliphatic carbocycles. The smallest absolute Gasteiger partial charge is 0.341 e. The van der Waals surface area contributed by atoms with Crippen molar-refractivity contribution in [1.29, 1.82) is 0 Å². The Kier molecular flexibility index (Phi) is 4.95. The maximum absolute atomic E-state index is 10.7. The van der Waals surface area contributed by atoms with E-state index in [1.54, 1.807) is 24.3 Å². The summed E-state index contributed by atoms with van der Waals surface area (Å²) in [5.74, 6) is -2.12. The van der Waals surface area contributed by atoms with E-state index in [9.17, 15) is 9.59 Å². The molecule has 0 saturated heterocycles. The van der Waals surface area contributed by atoms with Gasteiger partial charge in [-0.1, -0.05) is 47.5 Å². The van der Waals surface area contributed by atoms with Crippen molar-refractivity contribution in [2.75, 3.05) is 13.2 Å². The van der Waals surface area contributed by atoms with Crippen LogP contribution in [0.15, 0.2) is 24.3 Å². The number of halogens is 2. The third-order valence-corrected chi connectivity index (χ3v) is 3.51. The molecule has 0 aromatic heterocycles. The number of hydrogen-bond donors (Lipinski definition) is 2. The third-order valence-electron chi connectivity index (χ3n) is 2.69. The summed E-state index contributed by atoms with van der Waals surface area (Å²) in [4.78, 5) is 21.3. The van der Waals surface area contributed by atoms with Crippen LogP contribution in [0.5, 0.6) is 11.5 Å². The minimum Gasteiger partial charge on any atom is -0.480 e. The number of fused-ring (bicyclic) bond motifs is 1. The van der Waals surface area contributed by atoms with Crippen molar-refractivity contribution >= 4 is 45.9 Å². The molecule has 6 nitrogen and oxygen atoms in total. The third kappa shape index (κ3) is 3.35. The van der Waals surface area contributed by atoms with E-state index in [4.69, 9.17) is 42.9 Å². The van der Waals surface area contributed by atoms with Crippen LogP contribution in [-0.2, 0) is 9.59 Å². The van der Waals surface area contributed by atoms with Gasteiger partial charge in [0.2, 0.25) is 0 Å². The molecule has 2 aromatic carbocycles. The predicted molar refractivity (Wildman–Crippen MR) is 80.2 cm³/mol. The second-order valence-electron chi connectivity index (χ2n) is 4.20. The van der Waals surface area contributed by atoms with E-state index in [-0.39, 0.29) is 21.5 Å². The summed E-state index contributed by atoms with van der Waals surface area (Å²) < 4.78 is 10.4. The number of carboxylic acid groups (broad SMARTS) is 2. The van der Waals surface area contributed by atoms with Gasteiger partial charge < -0.3 is 19.7 Å². The van der Waals surface area contributed by atoms with Gasteiger partial charge in [0.05, 0.1) is 0 Å². The van der Waals surface area contributed by atoms with Crippen molar-refractivity contribution in [3.63, 3.8) is 0 Å². The van der Waals surface area contributed by atoms with Gasteiger partial charge in [0.25, 0.3) is 0 Å². The van der Waals surface area contributed by atoms with Gasteiger partial charge in [-0.2, -0.15) is 0 Å². The molecule has 0 fully saturated rings. The summed E-state index contributed by atoms with van der Waals surface area (Å²) in [6.45, 7) is -1.18. The molecule has 0 atom stereocenters. The summed E-state index contributed by atoms with van der Waals surface area (Å²) >= 11 is 12.2. The Labute approximate surface area is 134 Å². The second kappa shape index (κ2) is 6.72. The van der Waals surface area contributed by atoms with Gasteiger partial charge in [-0.05, 0) is 0 Å². The van der Waals surface area contributed by atoms with Gasteiger partial charge in [-0.25, -0.2) is 9.59 Å². The molecule has 2 N–H and O–H groups in total. The lowest BCUT2D eigenvalue weighted by Gasteiger charge is -2.15. The predicted octanol–water partition coefficient (Wildman–Crippen LogP) is 3.07. The number of ether oxygens (including phenoxy) is 2. The van der Waals surface area contributed by atoms with Gasteiger partial charge >= 0.3 is 11.9 Å². The zero-order valence-corrected chi connectivity index (χ0v) is 12.5. The summed E-state index contributed by atoms with van der Waals surface area (Å²) in [5, 5.41) is 18.3. The molecular weight excluding hydrogens is 335 g/mol. The van der Waals surface area contributed by atoms with Crippen LogP contribution >= 0.6 is 23.2 Å². The van der Waals surface area contributed by atoms with E-state index in [2.05, 4.69) is 0 Å². The van der Waals surface area contributed by atoms with Crippen molar-refractivity contribution in [3.05, 3.63) is 34.3 Å². The molecular formula is C14H10Cl2O6. The highest BCUT2D eigenvalue weighted by Crippen LogP contribution is 2.46. The van der Waals surface area contributed by atoms with Gasteiger partial charge in [-0.15, -0.1) is 0 Å². The molecule has 0 aliphatic rings. The van der Waals surface area contributed by atoms with Crippen LogP contribution in [0, 0.1) is 0 Å². The Morgan fingerprint density at radius 3 is 1.55 bits per heavy atom. The summed E-state index contributed by atoms with van der Waals surface area (Å²) in [5.41, 5.74) is 0. The molecule has 0 aliphatic heterocycles. The maximum atomic E-state index is 10.7. The number of carbonyl (C=O) groups is 2. The fraction of sp³-hybridized carbons (Fsp3) is 0.143. The lowest BCUT2D eigenvalue weighted by atomic mass is 10.1. The van der Waals surface area contributed by atoms with Crippen LogP contribution in [0.2, 0.25) is 10.0 Å². The van der Waals surface area contributed by atoms with Crippen molar-refractivity contribution in [2.24, 2.45) is 0 Å². The lowest BCUT2D eigenvalue weighted by Crippen LogP contribution is -2.12. The number of carboxylic acids is 2. The van der Waals surface area contributed by atoms with E-state index in [1.807, 2.05) is 0 Å². The minimum absolute atomic E-state index is 0.0398. The first-order chi connectivity index (χ1) is 10.4. The summed E-state index contributed by atoms with van der Waals surface area (Å²) in [6.07, 6.45) is 0. The van der Waals surface area contributed by atoms with E-state index >= 15 is 0 Å². The zero-order chi connectivity index (χ0) is 16.3. The highest BCUT2D eigenvalue weighted by molar-refractivity contribution is 6.45. The average molecular weight is 345 g/mol. The highest BCUT2D eigenvalue weighted by Gasteiger charge is 2.20. The van der Waals surface area contributed by atoms with Gasteiger partial charge in [0.15, 0.2) is 13.2 Å². The topological polar surface area (TPSA) is 93.1 Å². The van der Waals surface area contributed by atoms with Crippen LogP contribution in [0.4, 0.5) is 0 Å². The Balaban J connectivity index is 2.58. The molecule has 2 rings (SSSR count). The normalized spacial score (nSPS) is 10.5. The Hall–Kier alpha value is -2.18. The number of benzene rings is 2. The van der Waals surface area contributed by atoms with Crippen LogP contribution in [0.3, 0.4) is 0 Å². The first-order valence-electron chi connectivity index (χ1n) is 6.00. The van der Waals surface area contributed by atoms with Crippen molar-refractivity contribution < 1.29 is 29.3 Å². The summed E-state index contributed by atoms with van der Waals surface area (Å²) in [6, 6.07) is 6.67.